The van der Waals surface area contributed by atoms with Gasteiger partial charge < -0.3 is 9.84 Å². The standard InChI is InChI=1S/C28H19F6NO4S2/c29-27(30,31)20-13-19(14-21(15-20)28(32,33)34)18-4-1-3-16(11-18)12-23-24(36)35(26(40)41-23)9-2-10-39-22-7-5-17(6-8-22)25(37)38/h1,3-8,11-15H,2,9-10H2,(H,37,38)/b23-12-. The number of rotatable bonds is 8. The van der Waals surface area contributed by atoms with Crippen LogP contribution in [0.1, 0.15) is 33.5 Å². The van der Waals surface area contributed by atoms with Crippen molar-refractivity contribution in [2.75, 3.05) is 13.2 Å². The lowest BCUT2D eigenvalue weighted by molar-refractivity contribution is -0.143. The van der Waals surface area contributed by atoms with Crippen LogP contribution >= 0.6 is 24.0 Å². The number of thioether (sulfide) groups is 1. The lowest BCUT2D eigenvalue weighted by atomic mass is 9.97. The van der Waals surface area contributed by atoms with E-state index in [1.165, 1.54) is 53.4 Å². The van der Waals surface area contributed by atoms with Crippen molar-refractivity contribution in [2.45, 2.75) is 18.8 Å². The molecule has 4 rings (SSSR count). The van der Waals surface area contributed by atoms with Crippen LogP contribution in [-0.4, -0.2) is 39.4 Å². The SMILES string of the molecule is O=C(O)c1ccc(OCCCN2C(=O)/C(=C/c3cccc(-c4cc(C(F)(F)F)cc(C(F)(F)F)c4)c3)SC2=S)cc1. The number of benzene rings is 3. The average Bonchev–Trinajstić information content (AvgIpc) is 3.17. The normalized spacial score (nSPS) is 15.1. The summed E-state index contributed by atoms with van der Waals surface area (Å²) in [5.74, 6) is -0.991. The number of hydrogen-bond acceptors (Lipinski definition) is 5. The van der Waals surface area contributed by atoms with Crippen LogP contribution < -0.4 is 4.74 Å². The van der Waals surface area contributed by atoms with Crippen molar-refractivity contribution in [3.8, 4) is 16.9 Å². The molecule has 5 nitrogen and oxygen atoms in total. The van der Waals surface area contributed by atoms with Gasteiger partial charge in [0.15, 0.2) is 0 Å². The molecule has 1 amide bonds. The minimum atomic E-state index is -4.97. The van der Waals surface area contributed by atoms with E-state index in [4.69, 9.17) is 22.1 Å². The van der Waals surface area contributed by atoms with Gasteiger partial charge in [-0.05, 0) is 77.7 Å². The molecule has 3 aromatic carbocycles. The number of alkyl halides is 6. The van der Waals surface area contributed by atoms with E-state index < -0.39 is 35.4 Å². The second kappa shape index (κ2) is 12.0. The molecule has 0 spiro atoms. The fourth-order valence-corrected chi connectivity index (χ4v) is 5.19. The Morgan fingerprint density at radius 2 is 1.56 bits per heavy atom. The van der Waals surface area contributed by atoms with Gasteiger partial charge in [0.25, 0.3) is 5.91 Å². The van der Waals surface area contributed by atoms with Crippen LogP contribution in [0.5, 0.6) is 5.75 Å². The molecule has 1 aliphatic heterocycles. The van der Waals surface area contributed by atoms with Gasteiger partial charge in [-0.25, -0.2) is 4.79 Å². The predicted molar refractivity (Wildman–Crippen MR) is 145 cm³/mol. The maximum atomic E-state index is 13.3. The Labute approximate surface area is 239 Å². The quantitative estimate of drug-likeness (QED) is 0.122. The number of carboxylic acids is 1. The molecule has 0 atom stereocenters. The zero-order chi connectivity index (χ0) is 29.9. The van der Waals surface area contributed by atoms with Crippen molar-refractivity contribution in [3.63, 3.8) is 0 Å². The molecular weight excluding hydrogens is 592 g/mol. The summed E-state index contributed by atoms with van der Waals surface area (Å²) in [6, 6.07) is 13.0. The molecule has 0 aliphatic carbocycles. The fourth-order valence-electron chi connectivity index (χ4n) is 3.88. The molecule has 13 heteroatoms. The van der Waals surface area contributed by atoms with Crippen LogP contribution in [-0.2, 0) is 17.1 Å². The Bertz CT molecular complexity index is 1480. The summed E-state index contributed by atoms with van der Waals surface area (Å²) < 4.78 is 85.6. The Morgan fingerprint density at radius 3 is 2.15 bits per heavy atom. The van der Waals surface area contributed by atoms with E-state index in [-0.39, 0.29) is 45.1 Å². The molecule has 41 heavy (non-hydrogen) atoms. The van der Waals surface area contributed by atoms with Crippen LogP contribution in [0.15, 0.2) is 71.6 Å². The summed E-state index contributed by atoms with van der Waals surface area (Å²) in [6.45, 7) is 0.460. The third kappa shape index (κ3) is 7.47. The molecule has 1 saturated heterocycles. The zero-order valence-electron chi connectivity index (χ0n) is 20.8. The first kappa shape index (κ1) is 30.1. The first-order chi connectivity index (χ1) is 19.2. The number of carboxylic acid groups (broad SMARTS) is 1. The summed E-state index contributed by atoms with van der Waals surface area (Å²) >= 11 is 6.33. The maximum Gasteiger partial charge on any atom is 0.416 e. The number of ether oxygens (including phenoxy) is 1. The van der Waals surface area contributed by atoms with E-state index in [9.17, 15) is 35.9 Å². The van der Waals surface area contributed by atoms with Gasteiger partial charge in [-0.3, -0.25) is 9.69 Å². The van der Waals surface area contributed by atoms with Crippen LogP contribution in [0.4, 0.5) is 26.3 Å². The number of carbonyl (C=O) groups is 2. The molecule has 1 aliphatic rings. The largest absolute Gasteiger partial charge is 0.494 e. The number of carbonyl (C=O) groups excluding carboxylic acids is 1. The number of hydrogen-bond donors (Lipinski definition) is 1. The summed E-state index contributed by atoms with van der Waals surface area (Å²) in [5.41, 5.74) is -2.49. The first-order valence-electron chi connectivity index (χ1n) is 11.8. The van der Waals surface area contributed by atoms with E-state index in [1.807, 2.05) is 0 Å². The summed E-state index contributed by atoms with van der Waals surface area (Å²) in [6.07, 6.45) is -8.07. The van der Waals surface area contributed by atoms with Crippen LogP contribution in [0.3, 0.4) is 0 Å². The second-order valence-electron chi connectivity index (χ2n) is 8.78. The van der Waals surface area contributed by atoms with Crippen molar-refractivity contribution >= 4 is 46.3 Å². The molecule has 0 aromatic heterocycles. The molecular formula is C28H19F6NO4S2. The van der Waals surface area contributed by atoms with Gasteiger partial charge in [0.1, 0.15) is 10.1 Å². The van der Waals surface area contributed by atoms with Gasteiger partial charge >= 0.3 is 18.3 Å². The van der Waals surface area contributed by atoms with Gasteiger partial charge in [0, 0.05) is 6.54 Å². The second-order valence-corrected chi connectivity index (χ2v) is 10.5. The van der Waals surface area contributed by atoms with Crippen LogP contribution in [0.2, 0.25) is 0 Å². The highest BCUT2D eigenvalue weighted by Gasteiger charge is 2.37. The Balaban J connectivity index is 1.46. The minimum absolute atomic E-state index is 0.0682. The molecule has 3 aromatic rings. The lowest BCUT2D eigenvalue weighted by Crippen LogP contribution is -2.29. The highest BCUT2D eigenvalue weighted by Crippen LogP contribution is 2.39. The summed E-state index contributed by atoms with van der Waals surface area (Å²) in [7, 11) is 0. The monoisotopic (exact) mass is 611 g/mol. The van der Waals surface area contributed by atoms with Crippen molar-refractivity contribution in [1.29, 1.82) is 0 Å². The number of thiocarbonyl (C=S) groups is 1. The molecule has 1 fully saturated rings. The molecule has 0 bridgehead atoms. The topological polar surface area (TPSA) is 66.8 Å². The van der Waals surface area contributed by atoms with Crippen LogP contribution in [0.25, 0.3) is 17.2 Å². The molecule has 1 heterocycles. The third-order valence-corrected chi connectivity index (χ3v) is 7.25. The van der Waals surface area contributed by atoms with Gasteiger partial charge in [0.05, 0.1) is 28.2 Å². The number of amides is 1. The van der Waals surface area contributed by atoms with Crippen molar-refractivity contribution in [2.24, 2.45) is 0 Å². The highest BCUT2D eigenvalue weighted by atomic mass is 32.2. The minimum Gasteiger partial charge on any atom is -0.494 e. The molecule has 214 valence electrons. The van der Waals surface area contributed by atoms with Crippen molar-refractivity contribution in [3.05, 3.63) is 93.9 Å². The van der Waals surface area contributed by atoms with E-state index in [0.717, 1.165) is 11.8 Å². The Kier molecular flexibility index (Phi) is 8.78. The van der Waals surface area contributed by atoms with Gasteiger partial charge in [0.2, 0.25) is 0 Å². The number of aromatic carboxylic acids is 1. The van der Waals surface area contributed by atoms with E-state index in [0.29, 0.717) is 29.9 Å². The number of halogens is 6. The molecule has 0 saturated carbocycles. The van der Waals surface area contributed by atoms with E-state index in [2.05, 4.69) is 0 Å². The maximum absolute atomic E-state index is 13.3. The molecule has 0 unspecified atom stereocenters. The number of nitrogens with zero attached hydrogens (tertiary/aromatic N) is 1. The Hall–Kier alpha value is -3.84. The summed E-state index contributed by atoms with van der Waals surface area (Å²) in [4.78, 5) is 25.5. The van der Waals surface area contributed by atoms with Crippen molar-refractivity contribution in [1.82, 2.24) is 4.90 Å². The average molecular weight is 612 g/mol. The van der Waals surface area contributed by atoms with Gasteiger partial charge in [-0.15, -0.1) is 0 Å². The smallest absolute Gasteiger partial charge is 0.416 e. The summed E-state index contributed by atoms with van der Waals surface area (Å²) in [5, 5.41) is 8.94. The van der Waals surface area contributed by atoms with E-state index >= 15 is 0 Å². The first-order valence-corrected chi connectivity index (χ1v) is 13.1. The van der Waals surface area contributed by atoms with E-state index in [1.54, 1.807) is 6.07 Å². The van der Waals surface area contributed by atoms with Gasteiger partial charge in [-0.2, -0.15) is 26.3 Å². The molecule has 1 N–H and O–H groups in total. The van der Waals surface area contributed by atoms with Crippen molar-refractivity contribution < 1.29 is 45.8 Å². The van der Waals surface area contributed by atoms with Crippen LogP contribution in [0, 0.1) is 0 Å². The third-order valence-electron chi connectivity index (χ3n) is 5.88. The zero-order valence-corrected chi connectivity index (χ0v) is 22.4. The Morgan fingerprint density at radius 1 is 0.927 bits per heavy atom. The van der Waals surface area contributed by atoms with Gasteiger partial charge in [-0.1, -0.05) is 42.2 Å². The predicted octanol–water partition coefficient (Wildman–Crippen LogP) is 7.76. The molecule has 0 radical (unpaired) electrons. The highest BCUT2D eigenvalue weighted by molar-refractivity contribution is 8.26. The fraction of sp³-hybridized carbons (Fsp3) is 0.179. The lowest BCUT2D eigenvalue weighted by Gasteiger charge is -2.15.